The van der Waals surface area contributed by atoms with E-state index in [-0.39, 0.29) is 37.2 Å². The van der Waals surface area contributed by atoms with Crippen LogP contribution in [0.25, 0.3) is 0 Å². The average Bonchev–Trinajstić information content (AvgIpc) is 2.95. The predicted molar refractivity (Wildman–Crippen MR) is 85.4 cm³/mol. The molecule has 1 aromatic carbocycles. The van der Waals surface area contributed by atoms with Crippen LogP contribution in [-0.4, -0.2) is 41.2 Å². The highest BCUT2D eigenvalue weighted by atomic mass is 19.4. The van der Waals surface area contributed by atoms with Crippen LogP contribution in [0, 0.1) is 5.92 Å². The van der Waals surface area contributed by atoms with Crippen LogP contribution in [0.2, 0.25) is 0 Å². The molecular weight excluding hydrogens is 333 g/mol. The minimum Gasteiger partial charge on any atom is -0.342 e. The molecule has 2 fully saturated rings. The van der Waals surface area contributed by atoms with E-state index >= 15 is 0 Å². The summed E-state index contributed by atoms with van der Waals surface area (Å²) in [7, 11) is 0. The van der Waals surface area contributed by atoms with Gasteiger partial charge < -0.3 is 9.80 Å². The van der Waals surface area contributed by atoms with Gasteiger partial charge in [0.15, 0.2) is 0 Å². The van der Waals surface area contributed by atoms with Crippen molar-refractivity contribution in [2.24, 2.45) is 5.92 Å². The van der Waals surface area contributed by atoms with Crippen LogP contribution in [0.5, 0.6) is 0 Å². The first-order valence-electron chi connectivity index (χ1n) is 8.57. The zero-order valence-corrected chi connectivity index (χ0v) is 13.9. The number of nitrogens with zero attached hydrogens (tertiary/aromatic N) is 2. The van der Waals surface area contributed by atoms with Crippen LogP contribution in [0.15, 0.2) is 24.3 Å². The van der Waals surface area contributed by atoms with E-state index in [1.165, 1.54) is 11.0 Å². The summed E-state index contributed by atoms with van der Waals surface area (Å²) in [5, 5.41) is 0. The number of likely N-dealkylation sites (tertiary alicyclic amines) is 2. The highest BCUT2D eigenvalue weighted by molar-refractivity contribution is 5.89. The second-order valence-corrected chi connectivity index (χ2v) is 6.76. The lowest BCUT2D eigenvalue weighted by molar-refractivity contribution is -0.137. The van der Waals surface area contributed by atoms with Gasteiger partial charge in [-0.2, -0.15) is 13.2 Å². The first-order valence-corrected chi connectivity index (χ1v) is 8.57. The van der Waals surface area contributed by atoms with E-state index < -0.39 is 11.7 Å². The first kappa shape index (κ1) is 17.8. The maximum absolute atomic E-state index is 12.8. The Hall–Kier alpha value is -2.05. The summed E-state index contributed by atoms with van der Waals surface area (Å²) < 4.78 is 38.4. The molecule has 0 bridgehead atoms. The lowest BCUT2D eigenvalue weighted by Crippen LogP contribution is -2.40. The van der Waals surface area contributed by atoms with Crippen molar-refractivity contribution >= 4 is 11.8 Å². The Bertz CT molecular complexity index is 654. The van der Waals surface area contributed by atoms with Gasteiger partial charge in [0, 0.05) is 32.6 Å². The summed E-state index contributed by atoms with van der Waals surface area (Å²) in [5.41, 5.74) is -0.299. The molecule has 0 radical (unpaired) electrons. The predicted octanol–water partition coefficient (Wildman–Crippen LogP) is 3.07. The number of hydrogen-bond donors (Lipinski definition) is 0. The second-order valence-electron chi connectivity index (χ2n) is 6.76. The molecule has 2 saturated heterocycles. The van der Waals surface area contributed by atoms with E-state index in [9.17, 15) is 22.8 Å². The standard InChI is InChI=1S/C18H21F3N2O2/c19-18(20,21)15-6-4-5-13(9-15)11-23-12-14(10-16(23)24)17(25)22-7-2-1-3-8-22/h4-6,9,14H,1-3,7-8,10-12H2. The number of alkyl halides is 3. The SMILES string of the molecule is O=C1CC(C(=O)N2CCCCC2)CN1Cc1cccc(C(F)(F)F)c1. The molecule has 136 valence electrons. The number of benzene rings is 1. The van der Waals surface area contributed by atoms with Crippen molar-refractivity contribution in [3.8, 4) is 0 Å². The smallest absolute Gasteiger partial charge is 0.342 e. The van der Waals surface area contributed by atoms with E-state index in [0.717, 1.165) is 44.5 Å². The zero-order valence-electron chi connectivity index (χ0n) is 13.9. The molecule has 0 N–H and O–H groups in total. The molecule has 25 heavy (non-hydrogen) atoms. The Balaban J connectivity index is 1.64. The number of carbonyl (C=O) groups is 2. The fourth-order valence-electron chi connectivity index (χ4n) is 3.53. The number of hydrogen-bond acceptors (Lipinski definition) is 2. The molecule has 0 aromatic heterocycles. The maximum Gasteiger partial charge on any atom is 0.416 e. The third-order valence-corrected chi connectivity index (χ3v) is 4.86. The topological polar surface area (TPSA) is 40.6 Å². The van der Waals surface area contributed by atoms with E-state index in [1.54, 1.807) is 6.07 Å². The molecule has 2 aliphatic rings. The molecule has 3 rings (SSSR count). The second kappa shape index (κ2) is 7.06. The number of rotatable bonds is 3. The molecule has 4 nitrogen and oxygen atoms in total. The monoisotopic (exact) mass is 354 g/mol. The van der Waals surface area contributed by atoms with Crippen LogP contribution in [-0.2, 0) is 22.3 Å². The molecule has 0 spiro atoms. The van der Waals surface area contributed by atoms with Crippen LogP contribution in [0.3, 0.4) is 0 Å². The van der Waals surface area contributed by atoms with Gasteiger partial charge in [0.25, 0.3) is 0 Å². The lowest BCUT2D eigenvalue weighted by atomic mass is 10.0. The summed E-state index contributed by atoms with van der Waals surface area (Å²) in [5.74, 6) is -0.552. The summed E-state index contributed by atoms with van der Waals surface area (Å²) in [6, 6.07) is 4.99. The maximum atomic E-state index is 12.8. The molecule has 1 atom stereocenters. The summed E-state index contributed by atoms with van der Waals surface area (Å²) >= 11 is 0. The van der Waals surface area contributed by atoms with Gasteiger partial charge in [0.05, 0.1) is 11.5 Å². The van der Waals surface area contributed by atoms with Gasteiger partial charge in [-0.1, -0.05) is 12.1 Å². The lowest BCUT2D eigenvalue weighted by Gasteiger charge is -2.29. The van der Waals surface area contributed by atoms with E-state index in [1.807, 2.05) is 4.90 Å². The summed E-state index contributed by atoms with van der Waals surface area (Å²) in [4.78, 5) is 28.0. The van der Waals surface area contributed by atoms with Gasteiger partial charge in [-0.3, -0.25) is 9.59 Å². The fourth-order valence-corrected chi connectivity index (χ4v) is 3.53. The Labute approximate surface area is 144 Å². The van der Waals surface area contributed by atoms with Crippen molar-refractivity contribution < 1.29 is 22.8 Å². The highest BCUT2D eigenvalue weighted by Gasteiger charge is 2.37. The molecule has 1 aromatic rings. The number of piperidine rings is 1. The molecule has 0 saturated carbocycles. The van der Waals surface area contributed by atoms with Crippen LogP contribution >= 0.6 is 0 Å². The Morgan fingerprint density at radius 2 is 1.88 bits per heavy atom. The van der Waals surface area contributed by atoms with Gasteiger partial charge in [-0.25, -0.2) is 0 Å². The van der Waals surface area contributed by atoms with Crippen molar-refractivity contribution in [3.63, 3.8) is 0 Å². The van der Waals surface area contributed by atoms with E-state index in [4.69, 9.17) is 0 Å². The van der Waals surface area contributed by atoms with Crippen molar-refractivity contribution in [2.75, 3.05) is 19.6 Å². The molecule has 2 amide bonds. The van der Waals surface area contributed by atoms with E-state index in [2.05, 4.69) is 0 Å². The third kappa shape index (κ3) is 4.14. The summed E-state index contributed by atoms with van der Waals surface area (Å²) in [6.45, 7) is 1.85. The van der Waals surface area contributed by atoms with Crippen LogP contribution in [0.1, 0.15) is 36.8 Å². The van der Waals surface area contributed by atoms with E-state index in [0.29, 0.717) is 5.56 Å². The number of amides is 2. The molecule has 2 heterocycles. The van der Waals surface area contributed by atoms with Gasteiger partial charge in [0.2, 0.25) is 11.8 Å². The number of carbonyl (C=O) groups excluding carboxylic acids is 2. The molecule has 1 unspecified atom stereocenters. The van der Waals surface area contributed by atoms with Gasteiger partial charge in [-0.15, -0.1) is 0 Å². The van der Waals surface area contributed by atoms with Crippen LogP contribution < -0.4 is 0 Å². The minimum absolute atomic E-state index is 0.000378. The zero-order chi connectivity index (χ0) is 18.0. The van der Waals surface area contributed by atoms with Crippen molar-refractivity contribution in [2.45, 2.75) is 38.4 Å². The number of halogens is 3. The Morgan fingerprint density at radius 3 is 2.56 bits per heavy atom. The van der Waals surface area contributed by atoms with Gasteiger partial charge in [0.1, 0.15) is 0 Å². The normalized spacial score (nSPS) is 21.7. The van der Waals surface area contributed by atoms with Gasteiger partial charge >= 0.3 is 6.18 Å². The Kier molecular flexibility index (Phi) is 5.01. The largest absolute Gasteiger partial charge is 0.416 e. The minimum atomic E-state index is -4.40. The Morgan fingerprint density at radius 1 is 1.16 bits per heavy atom. The fraction of sp³-hybridized carbons (Fsp3) is 0.556. The van der Waals surface area contributed by atoms with Crippen molar-refractivity contribution in [1.29, 1.82) is 0 Å². The van der Waals surface area contributed by atoms with Crippen LogP contribution in [0.4, 0.5) is 13.2 Å². The third-order valence-electron chi connectivity index (χ3n) is 4.86. The van der Waals surface area contributed by atoms with Crippen molar-refractivity contribution in [3.05, 3.63) is 35.4 Å². The molecular formula is C18H21F3N2O2. The highest BCUT2D eigenvalue weighted by Crippen LogP contribution is 2.30. The average molecular weight is 354 g/mol. The molecule has 7 heteroatoms. The first-order chi connectivity index (χ1) is 11.8. The van der Waals surface area contributed by atoms with Crippen molar-refractivity contribution in [1.82, 2.24) is 9.80 Å². The van der Waals surface area contributed by atoms with Gasteiger partial charge in [-0.05, 0) is 37.0 Å². The quantitative estimate of drug-likeness (QED) is 0.837. The molecule has 0 aliphatic carbocycles. The molecule has 2 aliphatic heterocycles. The summed E-state index contributed by atoms with van der Waals surface area (Å²) in [6.07, 6.45) is -1.16.